The van der Waals surface area contributed by atoms with Crippen molar-refractivity contribution in [2.45, 2.75) is 104 Å². The summed E-state index contributed by atoms with van der Waals surface area (Å²) in [6, 6.07) is 7.87. The third-order valence-electron chi connectivity index (χ3n) is 6.16. The van der Waals surface area contributed by atoms with Gasteiger partial charge in [-0.1, -0.05) is 37.1 Å². The molecule has 2 aromatic rings. The van der Waals surface area contributed by atoms with Crippen LogP contribution in [0.15, 0.2) is 24.3 Å². The van der Waals surface area contributed by atoms with E-state index in [4.69, 9.17) is 4.74 Å². The fourth-order valence-corrected chi connectivity index (χ4v) is 4.09. The Labute approximate surface area is 181 Å². The molecule has 0 N–H and O–H groups in total. The van der Waals surface area contributed by atoms with Crippen LogP contribution < -0.4 is 0 Å². The van der Waals surface area contributed by atoms with Crippen molar-refractivity contribution >= 4 is 5.97 Å². The average molecular weight is 412 g/mol. The van der Waals surface area contributed by atoms with Crippen molar-refractivity contribution in [1.29, 1.82) is 0 Å². The van der Waals surface area contributed by atoms with Gasteiger partial charge >= 0.3 is 5.97 Å². The number of hydrogen-bond acceptors (Lipinski definition) is 4. The van der Waals surface area contributed by atoms with E-state index in [0.29, 0.717) is 11.5 Å². The van der Waals surface area contributed by atoms with E-state index in [2.05, 4.69) is 47.9 Å². The Kier molecular flexibility index (Phi) is 6.68. The van der Waals surface area contributed by atoms with Gasteiger partial charge < -0.3 is 4.74 Å². The van der Waals surface area contributed by atoms with Crippen LogP contribution in [0.5, 0.6) is 0 Å². The third kappa shape index (κ3) is 5.30. The van der Waals surface area contributed by atoms with E-state index in [0.717, 1.165) is 25.7 Å². The Morgan fingerprint density at radius 1 is 1.10 bits per heavy atom. The van der Waals surface area contributed by atoms with E-state index in [9.17, 15) is 4.79 Å². The predicted molar refractivity (Wildman–Crippen MR) is 120 cm³/mol. The van der Waals surface area contributed by atoms with Gasteiger partial charge in [0.2, 0.25) is 0 Å². The minimum absolute atomic E-state index is 0.0145. The standard InChI is InChI=1S/C25H37N3O2/c1-7-25(5,6)28-21-12-10-8-9-11-20(22(21)26-27-28)17-18-13-15-19(16-14-18)23(29)30-24(2,3)4/h13-16,20H,7-12,17H2,1-6H3. The molecule has 3 rings (SSSR count). The van der Waals surface area contributed by atoms with Crippen LogP contribution in [0.4, 0.5) is 0 Å². The minimum atomic E-state index is -0.483. The zero-order valence-electron chi connectivity index (χ0n) is 19.5. The van der Waals surface area contributed by atoms with Crippen LogP contribution in [0.25, 0.3) is 0 Å². The topological polar surface area (TPSA) is 57.0 Å². The molecule has 0 saturated carbocycles. The van der Waals surface area contributed by atoms with Crippen molar-refractivity contribution in [3.05, 3.63) is 46.8 Å². The lowest BCUT2D eigenvalue weighted by molar-refractivity contribution is 0.00695. The van der Waals surface area contributed by atoms with Crippen LogP contribution in [-0.4, -0.2) is 26.6 Å². The molecule has 0 fully saturated rings. The molecule has 30 heavy (non-hydrogen) atoms. The van der Waals surface area contributed by atoms with Crippen molar-refractivity contribution in [1.82, 2.24) is 15.0 Å². The smallest absolute Gasteiger partial charge is 0.338 e. The molecule has 1 heterocycles. The largest absolute Gasteiger partial charge is 0.456 e. The molecule has 5 heteroatoms. The third-order valence-corrected chi connectivity index (χ3v) is 6.16. The van der Waals surface area contributed by atoms with Gasteiger partial charge in [0, 0.05) is 5.92 Å². The summed E-state index contributed by atoms with van der Waals surface area (Å²) in [7, 11) is 0. The van der Waals surface area contributed by atoms with E-state index in [1.54, 1.807) is 0 Å². The number of fused-ring (bicyclic) bond motifs is 1. The second-order valence-electron chi connectivity index (χ2n) is 10.2. The van der Waals surface area contributed by atoms with E-state index in [1.165, 1.54) is 36.2 Å². The van der Waals surface area contributed by atoms with Crippen molar-refractivity contribution in [2.24, 2.45) is 0 Å². The zero-order chi connectivity index (χ0) is 21.9. The number of nitrogens with zero attached hydrogens (tertiary/aromatic N) is 3. The van der Waals surface area contributed by atoms with Crippen LogP contribution in [0.1, 0.15) is 107 Å². The Bertz CT molecular complexity index is 860. The molecule has 164 valence electrons. The first-order valence-electron chi connectivity index (χ1n) is 11.4. The van der Waals surface area contributed by atoms with Gasteiger partial charge in [0.05, 0.1) is 22.5 Å². The van der Waals surface area contributed by atoms with Gasteiger partial charge in [0.15, 0.2) is 0 Å². The summed E-state index contributed by atoms with van der Waals surface area (Å²) >= 11 is 0. The molecule has 1 unspecified atom stereocenters. The second-order valence-corrected chi connectivity index (χ2v) is 10.2. The second kappa shape index (κ2) is 8.91. The van der Waals surface area contributed by atoms with Gasteiger partial charge in [-0.25, -0.2) is 9.48 Å². The van der Waals surface area contributed by atoms with Gasteiger partial charge in [0.1, 0.15) is 5.60 Å². The van der Waals surface area contributed by atoms with Gasteiger partial charge in [0.25, 0.3) is 0 Å². The summed E-state index contributed by atoms with van der Waals surface area (Å²) in [6.07, 6.45) is 7.82. The fourth-order valence-electron chi connectivity index (χ4n) is 4.09. The predicted octanol–water partition coefficient (Wildman–Crippen LogP) is 5.82. The summed E-state index contributed by atoms with van der Waals surface area (Å²) in [4.78, 5) is 12.3. The van der Waals surface area contributed by atoms with E-state index in [1.807, 2.05) is 32.9 Å². The van der Waals surface area contributed by atoms with E-state index < -0.39 is 5.60 Å². The first kappa shape index (κ1) is 22.5. The highest BCUT2D eigenvalue weighted by molar-refractivity contribution is 5.89. The maximum atomic E-state index is 12.3. The first-order chi connectivity index (χ1) is 14.1. The average Bonchev–Trinajstić information content (AvgIpc) is 3.08. The molecule has 1 aromatic heterocycles. The first-order valence-corrected chi connectivity index (χ1v) is 11.4. The highest BCUT2D eigenvalue weighted by Gasteiger charge is 2.29. The molecular formula is C25H37N3O2. The maximum Gasteiger partial charge on any atom is 0.338 e. The lowest BCUT2D eigenvalue weighted by atomic mass is 9.86. The Balaban J connectivity index is 1.81. The van der Waals surface area contributed by atoms with E-state index >= 15 is 0 Å². The lowest BCUT2D eigenvalue weighted by Crippen LogP contribution is -2.29. The molecular weight excluding hydrogens is 374 g/mol. The van der Waals surface area contributed by atoms with Crippen molar-refractivity contribution in [3.8, 4) is 0 Å². The van der Waals surface area contributed by atoms with Crippen molar-refractivity contribution < 1.29 is 9.53 Å². The number of benzene rings is 1. The van der Waals surface area contributed by atoms with Crippen LogP contribution in [-0.2, 0) is 23.1 Å². The Morgan fingerprint density at radius 3 is 2.43 bits per heavy atom. The monoisotopic (exact) mass is 411 g/mol. The zero-order valence-corrected chi connectivity index (χ0v) is 19.5. The fraction of sp³-hybridized carbons (Fsp3) is 0.640. The highest BCUT2D eigenvalue weighted by Crippen LogP contribution is 2.33. The number of aromatic nitrogens is 3. The van der Waals surface area contributed by atoms with Crippen LogP contribution in [0.2, 0.25) is 0 Å². The van der Waals surface area contributed by atoms with Gasteiger partial charge in [-0.05, 0) is 84.4 Å². The molecule has 1 aliphatic rings. The summed E-state index contributed by atoms with van der Waals surface area (Å²) < 4.78 is 7.65. The van der Waals surface area contributed by atoms with Gasteiger partial charge in [-0.3, -0.25) is 0 Å². The van der Waals surface area contributed by atoms with E-state index in [-0.39, 0.29) is 11.5 Å². The molecule has 1 atom stereocenters. The highest BCUT2D eigenvalue weighted by atomic mass is 16.6. The molecule has 0 radical (unpaired) electrons. The van der Waals surface area contributed by atoms with Crippen LogP contribution in [0.3, 0.4) is 0 Å². The maximum absolute atomic E-state index is 12.3. The molecule has 5 nitrogen and oxygen atoms in total. The molecule has 0 amide bonds. The SMILES string of the molecule is CCC(C)(C)n1nnc2c1CCCCCC2Cc1ccc(C(=O)OC(C)(C)C)cc1. The lowest BCUT2D eigenvalue weighted by Gasteiger charge is -2.27. The van der Waals surface area contributed by atoms with Crippen molar-refractivity contribution in [3.63, 3.8) is 0 Å². The summed E-state index contributed by atoms with van der Waals surface area (Å²) in [5.74, 6) is 0.0983. The number of carbonyl (C=O) groups is 1. The summed E-state index contributed by atoms with van der Waals surface area (Å²) in [5.41, 5.74) is 3.82. The van der Waals surface area contributed by atoms with Gasteiger partial charge in [-0.15, -0.1) is 5.10 Å². The Morgan fingerprint density at radius 2 is 1.80 bits per heavy atom. The quantitative estimate of drug-likeness (QED) is 0.582. The molecule has 1 aromatic carbocycles. The molecule has 0 spiro atoms. The molecule has 0 aliphatic heterocycles. The number of rotatable bonds is 5. The number of esters is 1. The summed E-state index contributed by atoms with van der Waals surface area (Å²) in [5, 5.41) is 9.27. The molecule has 1 aliphatic carbocycles. The van der Waals surface area contributed by atoms with Gasteiger partial charge in [-0.2, -0.15) is 0 Å². The Hall–Kier alpha value is -2.17. The molecule has 0 saturated heterocycles. The number of carbonyl (C=O) groups excluding carboxylic acids is 1. The van der Waals surface area contributed by atoms with Crippen molar-refractivity contribution in [2.75, 3.05) is 0 Å². The molecule has 0 bridgehead atoms. The summed E-state index contributed by atoms with van der Waals surface area (Å²) in [6.45, 7) is 12.4. The number of ether oxygens (including phenoxy) is 1. The van der Waals surface area contributed by atoms with Crippen LogP contribution >= 0.6 is 0 Å². The normalized spacial score (nSPS) is 17.7. The minimum Gasteiger partial charge on any atom is -0.456 e. The number of hydrogen-bond donors (Lipinski definition) is 0. The van der Waals surface area contributed by atoms with Crippen LogP contribution in [0, 0.1) is 0 Å².